The van der Waals surface area contributed by atoms with E-state index in [1.807, 2.05) is 0 Å². The molecule has 104 valence electrons. The summed E-state index contributed by atoms with van der Waals surface area (Å²) in [5.41, 5.74) is 2.08. The molecule has 2 aromatic carbocycles. The fourth-order valence-corrected chi connectivity index (χ4v) is 2.10. The third kappa shape index (κ3) is 2.78. The zero-order valence-corrected chi connectivity index (χ0v) is 11.5. The van der Waals surface area contributed by atoms with E-state index in [0.29, 0.717) is 16.2 Å². The average Bonchev–Trinajstić information content (AvgIpc) is 2.49. The van der Waals surface area contributed by atoms with Gasteiger partial charge in [0.2, 0.25) is 0 Å². The summed E-state index contributed by atoms with van der Waals surface area (Å²) >= 11 is 5.83. The Hall–Kier alpha value is -2.66. The summed E-state index contributed by atoms with van der Waals surface area (Å²) in [6.07, 6.45) is 3.18. The van der Waals surface area contributed by atoms with Crippen LogP contribution in [0.25, 0.3) is 11.0 Å². The van der Waals surface area contributed by atoms with E-state index in [-0.39, 0.29) is 11.3 Å². The highest BCUT2D eigenvalue weighted by Gasteiger charge is 2.12. The molecule has 0 aliphatic rings. The molecular weight excluding hydrogens is 290 g/mol. The summed E-state index contributed by atoms with van der Waals surface area (Å²) in [5.74, 6) is -0.573. The Kier molecular flexibility index (Phi) is 3.41. The molecule has 0 unspecified atom stereocenters. The molecule has 3 aromatic rings. The lowest BCUT2D eigenvalue weighted by molar-refractivity contribution is 0.102. The van der Waals surface area contributed by atoms with Crippen molar-refractivity contribution < 1.29 is 9.90 Å². The highest BCUT2D eigenvalue weighted by atomic mass is 35.5. The van der Waals surface area contributed by atoms with Gasteiger partial charge in [0.25, 0.3) is 5.91 Å². The average molecular weight is 300 g/mol. The number of carbonyl (C=O) groups excluding carboxylic acids is 1. The van der Waals surface area contributed by atoms with Crippen molar-refractivity contribution in [3.8, 4) is 5.75 Å². The van der Waals surface area contributed by atoms with Crippen molar-refractivity contribution >= 4 is 34.2 Å². The highest BCUT2D eigenvalue weighted by molar-refractivity contribution is 6.31. The molecule has 0 fully saturated rings. The van der Waals surface area contributed by atoms with Crippen LogP contribution in [0.15, 0.2) is 48.8 Å². The van der Waals surface area contributed by atoms with Gasteiger partial charge in [0, 0.05) is 23.1 Å². The van der Waals surface area contributed by atoms with Crippen molar-refractivity contribution in [3.63, 3.8) is 0 Å². The predicted octanol–water partition coefficient (Wildman–Crippen LogP) is 3.24. The smallest absolute Gasteiger partial charge is 0.259 e. The van der Waals surface area contributed by atoms with Gasteiger partial charge >= 0.3 is 0 Å². The number of hydrogen-bond donors (Lipinski definition) is 2. The summed E-state index contributed by atoms with van der Waals surface area (Å²) in [6, 6.07) is 9.49. The first-order valence-electron chi connectivity index (χ1n) is 6.14. The highest BCUT2D eigenvalue weighted by Crippen LogP contribution is 2.23. The van der Waals surface area contributed by atoms with Gasteiger partial charge in [-0.15, -0.1) is 0 Å². The van der Waals surface area contributed by atoms with E-state index in [1.165, 1.54) is 18.2 Å². The molecule has 21 heavy (non-hydrogen) atoms. The SMILES string of the molecule is O=C(Nc1ccc2nccnc2c1)c1cc(Cl)ccc1O. The van der Waals surface area contributed by atoms with Crippen LogP contribution in [0.5, 0.6) is 5.75 Å². The van der Waals surface area contributed by atoms with E-state index in [2.05, 4.69) is 15.3 Å². The number of fused-ring (bicyclic) bond motifs is 1. The van der Waals surface area contributed by atoms with Crippen LogP contribution in [0, 0.1) is 0 Å². The maximum atomic E-state index is 12.2. The lowest BCUT2D eigenvalue weighted by Gasteiger charge is -2.07. The minimum Gasteiger partial charge on any atom is -0.507 e. The monoisotopic (exact) mass is 299 g/mol. The molecule has 1 amide bonds. The molecular formula is C15H10ClN3O2. The maximum absolute atomic E-state index is 12.2. The minimum atomic E-state index is -0.446. The van der Waals surface area contributed by atoms with Gasteiger partial charge in [0.05, 0.1) is 16.6 Å². The van der Waals surface area contributed by atoms with Crippen LogP contribution < -0.4 is 5.32 Å². The van der Waals surface area contributed by atoms with Gasteiger partial charge in [-0.2, -0.15) is 0 Å². The van der Waals surface area contributed by atoms with Gasteiger partial charge in [0.15, 0.2) is 0 Å². The lowest BCUT2D eigenvalue weighted by atomic mass is 10.2. The number of nitrogens with one attached hydrogen (secondary N) is 1. The van der Waals surface area contributed by atoms with Gasteiger partial charge in [-0.25, -0.2) is 0 Å². The number of amides is 1. The van der Waals surface area contributed by atoms with E-state index in [4.69, 9.17) is 11.6 Å². The van der Waals surface area contributed by atoms with Gasteiger partial charge in [-0.05, 0) is 36.4 Å². The largest absolute Gasteiger partial charge is 0.507 e. The molecule has 5 nitrogen and oxygen atoms in total. The first kappa shape index (κ1) is 13.3. The predicted molar refractivity (Wildman–Crippen MR) is 80.6 cm³/mol. The van der Waals surface area contributed by atoms with Gasteiger partial charge < -0.3 is 10.4 Å². The zero-order valence-electron chi connectivity index (χ0n) is 10.7. The lowest BCUT2D eigenvalue weighted by Crippen LogP contribution is -2.12. The molecule has 0 saturated carbocycles. The molecule has 0 aliphatic heterocycles. The number of halogens is 1. The molecule has 1 heterocycles. The maximum Gasteiger partial charge on any atom is 0.259 e. The second-order valence-electron chi connectivity index (χ2n) is 4.38. The van der Waals surface area contributed by atoms with Gasteiger partial charge in [-0.3, -0.25) is 14.8 Å². The summed E-state index contributed by atoms with van der Waals surface area (Å²) < 4.78 is 0. The molecule has 6 heteroatoms. The summed E-state index contributed by atoms with van der Waals surface area (Å²) in [5, 5.41) is 12.8. The molecule has 1 aromatic heterocycles. The van der Waals surface area contributed by atoms with E-state index in [9.17, 15) is 9.90 Å². The molecule has 3 rings (SSSR count). The number of hydrogen-bond acceptors (Lipinski definition) is 4. The van der Waals surface area contributed by atoms with Crippen LogP contribution in [0.3, 0.4) is 0 Å². The molecule has 0 radical (unpaired) electrons. The summed E-state index contributed by atoms with van der Waals surface area (Å²) in [4.78, 5) is 20.5. The standard InChI is InChI=1S/C15H10ClN3O2/c16-9-1-4-14(20)11(7-9)15(21)19-10-2-3-12-13(8-10)18-6-5-17-12/h1-8,20H,(H,19,21). The Morgan fingerprint density at radius 1 is 1.05 bits per heavy atom. The molecule has 0 aliphatic carbocycles. The normalized spacial score (nSPS) is 10.5. The van der Waals surface area contributed by atoms with E-state index >= 15 is 0 Å². The summed E-state index contributed by atoms with van der Waals surface area (Å²) in [6.45, 7) is 0. The molecule has 0 saturated heterocycles. The quantitative estimate of drug-likeness (QED) is 0.761. The van der Waals surface area contributed by atoms with E-state index < -0.39 is 5.91 Å². The van der Waals surface area contributed by atoms with Crippen molar-refractivity contribution in [2.24, 2.45) is 0 Å². The van der Waals surface area contributed by atoms with Crippen molar-refractivity contribution in [1.29, 1.82) is 0 Å². The number of rotatable bonds is 2. The van der Waals surface area contributed by atoms with Crippen LogP contribution in [-0.2, 0) is 0 Å². The van der Waals surface area contributed by atoms with Crippen LogP contribution in [-0.4, -0.2) is 21.0 Å². The first-order chi connectivity index (χ1) is 10.1. The van der Waals surface area contributed by atoms with Crippen LogP contribution in [0.1, 0.15) is 10.4 Å². The fourth-order valence-electron chi connectivity index (χ4n) is 1.93. The number of phenolic OH excluding ortho intramolecular Hbond substituents is 1. The van der Waals surface area contributed by atoms with Crippen molar-refractivity contribution in [2.75, 3.05) is 5.32 Å². The fraction of sp³-hybridized carbons (Fsp3) is 0. The third-order valence-electron chi connectivity index (χ3n) is 2.93. The molecule has 0 bridgehead atoms. The van der Waals surface area contributed by atoms with Gasteiger partial charge in [0.1, 0.15) is 5.75 Å². The van der Waals surface area contributed by atoms with E-state index in [0.717, 1.165) is 5.52 Å². The first-order valence-corrected chi connectivity index (χ1v) is 6.52. The number of benzene rings is 2. The zero-order chi connectivity index (χ0) is 14.8. The van der Waals surface area contributed by atoms with Crippen LogP contribution in [0.2, 0.25) is 5.02 Å². The van der Waals surface area contributed by atoms with Crippen LogP contribution >= 0.6 is 11.6 Å². The Balaban J connectivity index is 1.90. The number of carbonyl (C=O) groups is 1. The second-order valence-corrected chi connectivity index (χ2v) is 4.81. The number of aromatic hydroxyl groups is 1. The number of aromatic nitrogens is 2. The van der Waals surface area contributed by atoms with Crippen molar-refractivity contribution in [3.05, 3.63) is 59.4 Å². The Bertz CT molecular complexity index is 836. The molecule has 0 spiro atoms. The minimum absolute atomic E-state index is 0.113. The summed E-state index contributed by atoms with van der Waals surface area (Å²) in [7, 11) is 0. The number of nitrogens with zero attached hydrogens (tertiary/aromatic N) is 2. The molecule has 0 atom stereocenters. The van der Waals surface area contributed by atoms with Crippen molar-refractivity contribution in [2.45, 2.75) is 0 Å². The molecule has 2 N–H and O–H groups in total. The van der Waals surface area contributed by atoms with E-state index in [1.54, 1.807) is 30.6 Å². The second kappa shape index (κ2) is 5.38. The third-order valence-corrected chi connectivity index (χ3v) is 3.17. The number of phenols is 1. The van der Waals surface area contributed by atoms with Crippen molar-refractivity contribution in [1.82, 2.24) is 9.97 Å². The number of anilines is 1. The Morgan fingerprint density at radius 3 is 2.62 bits per heavy atom. The van der Waals surface area contributed by atoms with Gasteiger partial charge in [-0.1, -0.05) is 11.6 Å². The topological polar surface area (TPSA) is 75.1 Å². The van der Waals surface area contributed by atoms with Crippen LogP contribution in [0.4, 0.5) is 5.69 Å². The Morgan fingerprint density at radius 2 is 1.81 bits per heavy atom. The Labute approximate surface area is 125 Å².